The third-order valence-corrected chi connectivity index (χ3v) is 13.9. The third-order valence-electron chi connectivity index (χ3n) is 13.9. The summed E-state index contributed by atoms with van der Waals surface area (Å²) in [4.78, 5) is 2.39. The Kier molecular flexibility index (Phi) is 8.56. The smallest absolute Gasteiger partial charge is 0.136 e. The van der Waals surface area contributed by atoms with Crippen molar-refractivity contribution in [2.45, 2.75) is 19.3 Å². The summed E-state index contributed by atoms with van der Waals surface area (Å²) in [6.45, 7) is 4.70. The molecule has 0 N–H and O–H groups in total. The molecule has 0 saturated heterocycles. The fourth-order valence-electron chi connectivity index (χ4n) is 10.4. The Morgan fingerprint density at radius 3 is 1.15 bits per heavy atom. The topological polar surface area (TPSA) is 29.5 Å². The molecule has 13 rings (SSSR count). The summed E-state index contributed by atoms with van der Waals surface area (Å²) < 4.78 is 12.4. The maximum Gasteiger partial charge on any atom is 0.136 e. The molecule has 0 fully saturated rings. The molecular weight excluding hydrogens is 803 g/mol. The van der Waals surface area contributed by atoms with Crippen LogP contribution in [0.15, 0.2) is 233 Å². The van der Waals surface area contributed by atoms with Crippen LogP contribution < -0.4 is 4.90 Å². The fourth-order valence-corrected chi connectivity index (χ4v) is 10.4. The number of benzene rings is 10. The van der Waals surface area contributed by atoms with Crippen LogP contribution in [0.1, 0.15) is 25.0 Å². The van der Waals surface area contributed by atoms with Crippen molar-refractivity contribution in [2.24, 2.45) is 0 Å². The highest BCUT2D eigenvalue weighted by Crippen LogP contribution is 2.51. The van der Waals surface area contributed by atoms with Gasteiger partial charge in [-0.05, 0) is 140 Å². The molecule has 3 heteroatoms. The van der Waals surface area contributed by atoms with Gasteiger partial charge >= 0.3 is 0 Å². The second kappa shape index (κ2) is 14.8. The molecule has 2 heterocycles. The summed E-state index contributed by atoms with van der Waals surface area (Å²) >= 11 is 0. The number of nitrogens with zero attached hydrogens (tertiary/aromatic N) is 1. The molecular formula is C63H43NO2. The van der Waals surface area contributed by atoms with Gasteiger partial charge in [0, 0.05) is 44.0 Å². The number of hydrogen-bond acceptors (Lipinski definition) is 3. The number of fused-ring (bicyclic) bond motifs is 9. The molecule has 12 aromatic rings. The van der Waals surface area contributed by atoms with Gasteiger partial charge in [-0.25, -0.2) is 0 Å². The molecule has 0 spiro atoms. The van der Waals surface area contributed by atoms with Gasteiger partial charge in [-0.3, -0.25) is 0 Å². The highest BCUT2D eigenvalue weighted by molar-refractivity contribution is 6.07. The Balaban J connectivity index is 0.815. The largest absolute Gasteiger partial charge is 0.456 e. The monoisotopic (exact) mass is 845 g/mol. The first-order valence-electron chi connectivity index (χ1n) is 22.7. The molecule has 0 amide bonds. The summed E-state index contributed by atoms with van der Waals surface area (Å²) in [6, 6.07) is 81.0. The molecule has 2 aromatic heterocycles. The van der Waals surface area contributed by atoms with Crippen LogP contribution in [0.4, 0.5) is 17.1 Å². The van der Waals surface area contributed by atoms with Gasteiger partial charge < -0.3 is 13.7 Å². The van der Waals surface area contributed by atoms with Crippen LogP contribution in [0.5, 0.6) is 0 Å². The average molecular weight is 846 g/mol. The van der Waals surface area contributed by atoms with Crippen LogP contribution in [0.25, 0.3) is 99.5 Å². The van der Waals surface area contributed by atoms with E-state index in [1.807, 2.05) is 24.3 Å². The van der Waals surface area contributed by atoms with Gasteiger partial charge in [-0.15, -0.1) is 0 Å². The lowest BCUT2D eigenvalue weighted by molar-refractivity contribution is 0.660. The van der Waals surface area contributed by atoms with E-state index >= 15 is 0 Å². The van der Waals surface area contributed by atoms with Crippen LogP contribution in [0.3, 0.4) is 0 Å². The summed E-state index contributed by atoms with van der Waals surface area (Å²) in [5, 5.41) is 4.58. The SMILES string of the molecule is CC1(C)c2ccccc2-c2ccc(N(c3ccc(-c4ccc(-c5ccc6c(c5)oc5ccccc56)cc4)cc3)c3ccc(-c4ccc(-c5ccc6c(c5)oc5ccccc56)cc4)cc3)cc21. The number of anilines is 3. The van der Waals surface area contributed by atoms with Crippen molar-refractivity contribution in [1.29, 1.82) is 0 Å². The zero-order chi connectivity index (χ0) is 43.9. The van der Waals surface area contributed by atoms with Crippen molar-refractivity contribution in [1.82, 2.24) is 0 Å². The predicted octanol–water partition coefficient (Wildman–Crippen LogP) is 17.9. The molecule has 0 aliphatic heterocycles. The fraction of sp³-hybridized carbons (Fsp3) is 0.0476. The maximum absolute atomic E-state index is 6.20. The van der Waals surface area contributed by atoms with Crippen molar-refractivity contribution >= 4 is 60.9 Å². The minimum atomic E-state index is -0.116. The minimum Gasteiger partial charge on any atom is -0.456 e. The van der Waals surface area contributed by atoms with Crippen molar-refractivity contribution in [2.75, 3.05) is 4.90 Å². The molecule has 1 aliphatic rings. The van der Waals surface area contributed by atoms with Gasteiger partial charge in [0.15, 0.2) is 0 Å². The van der Waals surface area contributed by atoms with E-state index in [1.165, 1.54) is 44.5 Å². The summed E-state index contributed by atoms with van der Waals surface area (Å²) in [5.74, 6) is 0. The molecule has 0 unspecified atom stereocenters. The lowest BCUT2D eigenvalue weighted by atomic mass is 9.82. The van der Waals surface area contributed by atoms with E-state index in [0.717, 1.165) is 83.2 Å². The zero-order valence-electron chi connectivity index (χ0n) is 36.6. The standard InChI is InChI=1S/C63H43NO2/c1-63(2)57-12-6-3-9-51(57)52-36-33-50(39-58(52)63)64(48-29-23-42(24-30-48)40-15-19-44(20-16-40)46-27-34-55-53-10-4-7-13-59(53)65-61(55)37-46)49-31-25-43(26-32-49)41-17-21-45(22-18-41)47-28-35-56-54-11-5-8-14-60(54)66-62(56)38-47/h3-39H,1-2H3. The average Bonchev–Trinajstić information content (AvgIpc) is 4.01. The number of para-hydroxylation sites is 2. The van der Waals surface area contributed by atoms with Crippen molar-refractivity contribution in [3.8, 4) is 55.6 Å². The van der Waals surface area contributed by atoms with E-state index < -0.39 is 0 Å². The van der Waals surface area contributed by atoms with Crippen molar-refractivity contribution in [3.63, 3.8) is 0 Å². The molecule has 10 aromatic carbocycles. The van der Waals surface area contributed by atoms with Gasteiger partial charge in [0.1, 0.15) is 22.3 Å². The van der Waals surface area contributed by atoms with E-state index in [9.17, 15) is 0 Å². The van der Waals surface area contributed by atoms with E-state index in [-0.39, 0.29) is 5.41 Å². The molecule has 312 valence electrons. The quantitative estimate of drug-likeness (QED) is 0.160. The molecule has 1 aliphatic carbocycles. The Bertz CT molecular complexity index is 3610. The Morgan fingerprint density at radius 2 is 0.652 bits per heavy atom. The molecule has 0 saturated carbocycles. The van der Waals surface area contributed by atoms with E-state index in [4.69, 9.17) is 8.83 Å². The first-order chi connectivity index (χ1) is 32.4. The second-order valence-corrected chi connectivity index (χ2v) is 18.1. The highest BCUT2D eigenvalue weighted by Gasteiger charge is 2.35. The van der Waals surface area contributed by atoms with Crippen LogP contribution in [-0.4, -0.2) is 0 Å². The molecule has 0 atom stereocenters. The number of furan rings is 2. The van der Waals surface area contributed by atoms with Crippen molar-refractivity contribution in [3.05, 3.63) is 236 Å². The van der Waals surface area contributed by atoms with Crippen LogP contribution >= 0.6 is 0 Å². The van der Waals surface area contributed by atoms with E-state index in [1.54, 1.807) is 0 Å². The van der Waals surface area contributed by atoms with Gasteiger partial charge in [0.2, 0.25) is 0 Å². The highest BCUT2D eigenvalue weighted by atomic mass is 16.3. The Labute approximate surface area is 383 Å². The van der Waals surface area contributed by atoms with Crippen LogP contribution in [-0.2, 0) is 5.41 Å². The lowest BCUT2D eigenvalue weighted by Crippen LogP contribution is -2.16. The minimum absolute atomic E-state index is 0.116. The summed E-state index contributed by atoms with van der Waals surface area (Å²) in [5.41, 5.74) is 21.5. The van der Waals surface area contributed by atoms with E-state index in [2.05, 4.69) is 219 Å². The summed E-state index contributed by atoms with van der Waals surface area (Å²) in [7, 11) is 0. The third kappa shape index (κ3) is 6.19. The lowest BCUT2D eigenvalue weighted by Gasteiger charge is -2.28. The first kappa shape index (κ1) is 38.1. The normalized spacial score (nSPS) is 12.8. The maximum atomic E-state index is 6.20. The second-order valence-electron chi connectivity index (χ2n) is 18.1. The van der Waals surface area contributed by atoms with E-state index in [0.29, 0.717) is 0 Å². The Morgan fingerprint density at radius 1 is 0.288 bits per heavy atom. The van der Waals surface area contributed by atoms with Gasteiger partial charge in [-0.2, -0.15) is 0 Å². The predicted molar refractivity (Wildman–Crippen MR) is 275 cm³/mol. The molecule has 0 radical (unpaired) electrons. The van der Waals surface area contributed by atoms with Gasteiger partial charge in [0.25, 0.3) is 0 Å². The van der Waals surface area contributed by atoms with Crippen LogP contribution in [0, 0.1) is 0 Å². The van der Waals surface area contributed by atoms with Gasteiger partial charge in [0.05, 0.1) is 0 Å². The van der Waals surface area contributed by atoms with Gasteiger partial charge in [-0.1, -0.05) is 166 Å². The van der Waals surface area contributed by atoms with Crippen LogP contribution in [0.2, 0.25) is 0 Å². The zero-order valence-corrected chi connectivity index (χ0v) is 36.6. The number of rotatable bonds is 7. The molecule has 3 nitrogen and oxygen atoms in total. The summed E-state index contributed by atoms with van der Waals surface area (Å²) in [6.07, 6.45) is 0. The van der Waals surface area contributed by atoms with Crippen molar-refractivity contribution < 1.29 is 8.83 Å². The molecule has 66 heavy (non-hydrogen) atoms. The molecule has 0 bridgehead atoms. The Hall–Kier alpha value is -8.40. The number of hydrogen-bond donors (Lipinski definition) is 0. The first-order valence-corrected chi connectivity index (χ1v) is 22.7.